The van der Waals surface area contributed by atoms with E-state index in [0.29, 0.717) is 5.76 Å². The Morgan fingerprint density at radius 1 is 1.42 bits per heavy atom. The first-order valence-corrected chi connectivity index (χ1v) is 5.48. The maximum absolute atomic E-state index is 12.8. The van der Waals surface area contributed by atoms with Crippen molar-refractivity contribution in [3.8, 4) is 5.75 Å². The molecule has 1 heterocycles. The molecule has 0 fully saturated rings. The predicted octanol–water partition coefficient (Wildman–Crippen LogP) is 1.95. The number of amides is 1. The van der Waals surface area contributed by atoms with Crippen LogP contribution in [0.25, 0.3) is 0 Å². The van der Waals surface area contributed by atoms with Crippen LogP contribution >= 0.6 is 0 Å². The fraction of sp³-hybridized carbons (Fsp3) is 0.0769. The lowest BCUT2D eigenvalue weighted by atomic mass is 10.3. The second-order valence-electron chi connectivity index (χ2n) is 3.55. The molecule has 0 atom stereocenters. The van der Waals surface area contributed by atoms with E-state index in [-0.39, 0.29) is 12.4 Å². The van der Waals surface area contributed by atoms with E-state index in [9.17, 15) is 9.18 Å². The van der Waals surface area contributed by atoms with Crippen LogP contribution < -0.4 is 10.2 Å². The Morgan fingerprint density at radius 2 is 2.32 bits per heavy atom. The van der Waals surface area contributed by atoms with E-state index >= 15 is 0 Å². The van der Waals surface area contributed by atoms with Gasteiger partial charge in [-0.15, -0.1) is 0 Å². The van der Waals surface area contributed by atoms with E-state index in [1.807, 2.05) is 0 Å². The third-order valence-electron chi connectivity index (χ3n) is 2.09. The van der Waals surface area contributed by atoms with Gasteiger partial charge in [-0.25, -0.2) is 9.82 Å². The van der Waals surface area contributed by atoms with Crippen LogP contribution in [0.1, 0.15) is 5.76 Å². The van der Waals surface area contributed by atoms with Crippen LogP contribution in [-0.2, 0) is 4.79 Å². The number of rotatable bonds is 5. The molecule has 6 heteroatoms. The minimum Gasteiger partial charge on any atom is -0.484 e. The van der Waals surface area contributed by atoms with Crippen molar-refractivity contribution < 1.29 is 18.3 Å². The number of hydrogen-bond donors (Lipinski definition) is 1. The summed E-state index contributed by atoms with van der Waals surface area (Å²) in [5.74, 6) is -0.0719. The van der Waals surface area contributed by atoms with Gasteiger partial charge in [0.25, 0.3) is 5.91 Å². The van der Waals surface area contributed by atoms with Crippen molar-refractivity contribution in [1.29, 1.82) is 0 Å². The highest BCUT2D eigenvalue weighted by molar-refractivity contribution is 5.81. The van der Waals surface area contributed by atoms with E-state index in [2.05, 4.69) is 10.5 Å². The molecule has 98 valence electrons. The smallest absolute Gasteiger partial charge is 0.277 e. The van der Waals surface area contributed by atoms with E-state index in [4.69, 9.17) is 9.15 Å². The van der Waals surface area contributed by atoms with Crippen LogP contribution in [0.2, 0.25) is 0 Å². The molecule has 0 aliphatic heterocycles. The highest BCUT2D eigenvalue weighted by atomic mass is 19.1. The van der Waals surface area contributed by atoms with Gasteiger partial charge in [-0.3, -0.25) is 4.79 Å². The van der Waals surface area contributed by atoms with Gasteiger partial charge in [0.15, 0.2) is 6.61 Å². The maximum Gasteiger partial charge on any atom is 0.277 e. The molecule has 0 aliphatic rings. The molecule has 0 spiro atoms. The van der Waals surface area contributed by atoms with Crippen molar-refractivity contribution in [2.45, 2.75) is 0 Å². The minimum absolute atomic E-state index is 0.251. The maximum atomic E-state index is 12.8. The first-order valence-electron chi connectivity index (χ1n) is 5.48. The van der Waals surface area contributed by atoms with Crippen LogP contribution in [0.3, 0.4) is 0 Å². The molecule has 1 aromatic carbocycles. The minimum atomic E-state index is -0.452. The van der Waals surface area contributed by atoms with Crippen molar-refractivity contribution in [3.05, 3.63) is 54.2 Å². The number of nitrogens with zero attached hydrogens (tertiary/aromatic N) is 1. The molecule has 1 N–H and O–H groups in total. The second kappa shape index (κ2) is 6.34. The molecule has 2 rings (SSSR count). The number of carbonyl (C=O) groups is 1. The van der Waals surface area contributed by atoms with E-state index in [1.54, 1.807) is 18.2 Å². The van der Waals surface area contributed by atoms with Gasteiger partial charge in [-0.1, -0.05) is 6.07 Å². The summed E-state index contributed by atoms with van der Waals surface area (Å²) in [6.07, 6.45) is 2.86. The monoisotopic (exact) mass is 262 g/mol. The summed E-state index contributed by atoms with van der Waals surface area (Å²) in [4.78, 5) is 11.4. The summed E-state index contributed by atoms with van der Waals surface area (Å²) in [5.41, 5.74) is 2.26. The van der Waals surface area contributed by atoms with Crippen molar-refractivity contribution >= 4 is 12.1 Å². The van der Waals surface area contributed by atoms with Gasteiger partial charge in [0.05, 0.1) is 12.5 Å². The predicted molar refractivity (Wildman–Crippen MR) is 66.3 cm³/mol. The molecule has 5 nitrogen and oxygen atoms in total. The molecule has 0 saturated carbocycles. The van der Waals surface area contributed by atoms with Crippen molar-refractivity contribution in [2.75, 3.05) is 6.61 Å². The standard InChI is InChI=1S/C13H11FN2O3/c14-10-3-1-4-11(7-10)19-9-13(17)16-15-8-12-5-2-6-18-12/h1-8H,9H2,(H,16,17)/b15-8-. The lowest BCUT2D eigenvalue weighted by molar-refractivity contribution is -0.123. The first kappa shape index (κ1) is 12.8. The number of ether oxygens (including phenoxy) is 1. The number of hydrazone groups is 1. The molecule has 2 aromatic rings. The summed E-state index contributed by atoms with van der Waals surface area (Å²) in [6, 6.07) is 8.94. The summed E-state index contributed by atoms with van der Waals surface area (Å²) in [6.45, 7) is -0.251. The van der Waals surface area contributed by atoms with E-state index in [1.165, 1.54) is 30.7 Å². The third-order valence-corrected chi connectivity index (χ3v) is 2.09. The Bertz CT molecular complexity index is 567. The molecule has 0 radical (unpaired) electrons. The summed E-state index contributed by atoms with van der Waals surface area (Å²) < 4.78 is 22.9. The molecule has 0 aliphatic carbocycles. The largest absolute Gasteiger partial charge is 0.484 e. The van der Waals surface area contributed by atoms with Crippen LogP contribution in [0.5, 0.6) is 5.75 Å². The van der Waals surface area contributed by atoms with Crippen LogP contribution in [-0.4, -0.2) is 18.7 Å². The number of hydrogen-bond acceptors (Lipinski definition) is 4. The molecule has 1 amide bonds. The Balaban J connectivity index is 1.76. The van der Waals surface area contributed by atoms with Gasteiger partial charge in [0.2, 0.25) is 0 Å². The zero-order valence-electron chi connectivity index (χ0n) is 9.88. The van der Waals surface area contributed by atoms with Crippen LogP contribution in [0.4, 0.5) is 4.39 Å². The quantitative estimate of drug-likeness (QED) is 0.661. The van der Waals surface area contributed by atoms with Gasteiger partial charge in [-0.2, -0.15) is 5.10 Å². The fourth-order valence-corrected chi connectivity index (χ4v) is 1.27. The first-order chi connectivity index (χ1) is 9.24. The number of nitrogens with one attached hydrogen (secondary N) is 1. The third kappa shape index (κ3) is 4.27. The number of benzene rings is 1. The van der Waals surface area contributed by atoms with Crippen molar-refractivity contribution in [1.82, 2.24) is 5.43 Å². The van der Waals surface area contributed by atoms with Crippen molar-refractivity contribution in [2.24, 2.45) is 5.10 Å². The summed E-state index contributed by atoms with van der Waals surface area (Å²) in [7, 11) is 0. The molecular formula is C13H11FN2O3. The molecular weight excluding hydrogens is 251 g/mol. The highest BCUT2D eigenvalue weighted by Crippen LogP contribution is 2.11. The normalized spacial score (nSPS) is 10.6. The Hall–Kier alpha value is -2.63. The average molecular weight is 262 g/mol. The molecule has 0 saturated heterocycles. The number of carbonyl (C=O) groups excluding carboxylic acids is 1. The zero-order valence-corrected chi connectivity index (χ0v) is 9.88. The zero-order chi connectivity index (χ0) is 13.5. The molecule has 0 bridgehead atoms. The van der Waals surface area contributed by atoms with Gasteiger partial charge in [0, 0.05) is 6.07 Å². The van der Waals surface area contributed by atoms with Crippen LogP contribution in [0, 0.1) is 5.82 Å². The fourth-order valence-electron chi connectivity index (χ4n) is 1.27. The Kier molecular flexibility index (Phi) is 4.28. The van der Waals surface area contributed by atoms with Crippen LogP contribution in [0.15, 0.2) is 52.2 Å². The number of halogens is 1. The van der Waals surface area contributed by atoms with E-state index in [0.717, 1.165) is 0 Å². The molecule has 1 aromatic heterocycles. The number of furan rings is 1. The lowest BCUT2D eigenvalue weighted by Crippen LogP contribution is -2.24. The highest BCUT2D eigenvalue weighted by Gasteiger charge is 2.02. The van der Waals surface area contributed by atoms with Gasteiger partial charge in [0.1, 0.15) is 17.3 Å². The lowest BCUT2D eigenvalue weighted by Gasteiger charge is -2.04. The topological polar surface area (TPSA) is 63.8 Å². The SMILES string of the molecule is O=C(COc1cccc(F)c1)N/N=C\c1ccco1. The molecule has 19 heavy (non-hydrogen) atoms. The molecule has 0 unspecified atom stereocenters. The summed E-state index contributed by atoms with van der Waals surface area (Å²) >= 11 is 0. The Labute approximate surface area is 108 Å². The Morgan fingerprint density at radius 3 is 3.05 bits per heavy atom. The second-order valence-corrected chi connectivity index (χ2v) is 3.55. The average Bonchev–Trinajstić information content (AvgIpc) is 2.90. The summed E-state index contributed by atoms with van der Waals surface area (Å²) in [5, 5.41) is 3.67. The van der Waals surface area contributed by atoms with Gasteiger partial charge < -0.3 is 9.15 Å². The van der Waals surface area contributed by atoms with Gasteiger partial charge >= 0.3 is 0 Å². The van der Waals surface area contributed by atoms with Crippen molar-refractivity contribution in [3.63, 3.8) is 0 Å². The van der Waals surface area contributed by atoms with E-state index < -0.39 is 11.7 Å². The van der Waals surface area contributed by atoms with Gasteiger partial charge in [-0.05, 0) is 24.3 Å².